The lowest BCUT2D eigenvalue weighted by Gasteiger charge is -2.32. The molecule has 120 valence electrons. The van der Waals surface area contributed by atoms with E-state index >= 15 is 0 Å². The molecule has 0 radical (unpaired) electrons. The Bertz CT molecular complexity index is 789. The van der Waals surface area contributed by atoms with Crippen molar-refractivity contribution in [3.63, 3.8) is 0 Å². The van der Waals surface area contributed by atoms with Crippen molar-refractivity contribution in [3.05, 3.63) is 48.6 Å². The van der Waals surface area contributed by atoms with E-state index in [4.69, 9.17) is 0 Å². The molecule has 23 heavy (non-hydrogen) atoms. The lowest BCUT2D eigenvalue weighted by atomic mass is 9.94. The molecule has 0 bridgehead atoms. The number of nitrogens with zero attached hydrogens (tertiary/aromatic N) is 6. The molecule has 0 saturated carbocycles. The van der Waals surface area contributed by atoms with Crippen LogP contribution >= 0.6 is 0 Å². The van der Waals surface area contributed by atoms with Gasteiger partial charge < -0.3 is 4.57 Å². The van der Waals surface area contributed by atoms with E-state index in [0.29, 0.717) is 5.92 Å². The average molecular weight is 310 g/mol. The number of likely N-dealkylation sites (tertiary alicyclic amines) is 1. The van der Waals surface area contributed by atoms with Crippen LogP contribution in [0, 0.1) is 5.92 Å². The number of piperidine rings is 1. The zero-order valence-electron chi connectivity index (χ0n) is 13.5. The largest absolute Gasteiger partial charge is 0.338 e. The predicted molar refractivity (Wildman–Crippen MR) is 87.9 cm³/mol. The molecule has 6 heteroatoms. The van der Waals surface area contributed by atoms with Gasteiger partial charge in [0.15, 0.2) is 0 Å². The van der Waals surface area contributed by atoms with E-state index in [1.807, 2.05) is 30.9 Å². The molecule has 4 rings (SSSR count). The number of hydrogen-bond donors (Lipinski definition) is 0. The van der Waals surface area contributed by atoms with Crippen molar-refractivity contribution in [2.24, 2.45) is 13.0 Å². The van der Waals surface area contributed by atoms with Crippen molar-refractivity contribution in [3.8, 4) is 0 Å². The Hall–Kier alpha value is -2.21. The van der Waals surface area contributed by atoms with Gasteiger partial charge in [0.05, 0.1) is 11.9 Å². The normalized spacial score (nSPS) is 19.4. The van der Waals surface area contributed by atoms with Gasteiger partial charge in [-0.2, -0.15) is 0 Å². The number of hydrogen-bond acceptors (Lipinski definition) is 4. The molecule has 0 N–H and O–H groups in total. The highest BCUT2D eigenvalue weighted by Crippen LogP contribution is 2.21. The van der Waals surface area contributed by atoms with Crippen LogP contribution in [0.25, 0.3) is 5.78 Å². The third-order valence-corrected chi connectivity index (χ3v) is 4.75. The van der Waals surface area contributed by atoms with E-state index in [1.165, 1.54) is 24.4 Å². The van der Waals surface area contributed by atoms with Gasteiger partial charge in [-0.3, -0.25) is 9.30 Å². The van der Waals surface area contributed by atoms with Crippen molar-refractivity contribution >= 4 is 5.78 Å². The van der Waals surface area contributed by atoms with Gasteiger partial charge in [0.25, 0.3) is 0 Å². The Kier molecular flexibility index (Phi) is 3.83. The minimum Gasteiger partial charge on any atom is -0.338 e. The second-order valence-electron chi connectivity index (χ2n) is 6.44. The summed E-state index contributed by atoms with van der Waals surface area (Å²) in [5.74, 6) is 2.65. The molecule has 3 aromatic rings. The lowest BCUT2D eigenvalue weighted by Crippen LogP contribution is -2.36. The fourth-order valence-corrected chi connectivity index (χ4v) is 3.54. The van der Waals surface area contributed by atoms with Crippen LogP contribution in [0.1, 0.15) is 24.4 Å². The molecule has 6 nitrogen and oxygen atoms in total. The predicted octanol–water partition coefficient (Wildman–Crippen LogP) is 1.92. The summed E-state index contributed by atoms with van der Waals surface area (Å²) in [4.78, 5) is 15.7. The van der Waals surface area contributed by atoms with Gasteiger partial charge in [-0.1, -0.05) is 0 Å². The number of aromatic nitrogens is 5. The maximum atomic E-state index is 4.47. The van der Waals surface area contributed by atoms with Crippen molar-refractivity contribution in [1.82, 2.24) is 28.8 Å². The van der Waals surface area contributed by atoms with E-state index in [0.717, 1.165) is 31.8 Å². The fourth-order valence-electron chi connectivity index (χ4n) is 3.54. The first-order valence-corrected chi connectivity index (χ1v) is 8.25. The van der Waals surface area contributed by atoms with Crippen LogP contribution in [0.3, 0.4) is 0 Å². The smallest absolute Gasteiger partial charge is 0.233 e. The summed E-state index contributed by atoms with van der Waals surface area (Å²) in [6.45, 7) is 3.22. The molecule has 0 aromatic carbocycles. The zero-order valence-corrected chi connectivity index (χ0v) is 13.5. The molecule has 1 aliphatic heterocycles. The van der Waals surface area contributed by atoms with Crippen molar-refractivity contribution in [1.29, 1.82) is 0 Å². The highest BCUT2D eigenvalue weighted by molar-refractivity contribution is 5.30. The van der Waals surface area contributed by atoms with Crippen molar-refractivity contribution < 1.29 is 0 Å². The summed E-state index contributed by atoms with van der Waals surface area (Å²) >= 11 is 0. The van der Waals surface area contributed by atoms with E-state index in [2.05, 4.69) is 35.9 Å². The maximum Gasteiger partial charge on any atom is 0.233 e. The Morgan fingerprint density at radius 3 is 3.00 bits per heavy atom. The highest BCUT2D eigenvalue weighted by Gasteiger charge is 2.22. The molecule has 1 fully saturated rings. The summed E-state index contributed by atoms with van der Waals surface area (Å²) in [7, 11) is 2.08. The molecular weight excluding hydrogens is 288 g/mol. The topological polar surface area (TPSA) is 51.2 Å². The molecule has 1 aliphatic rings. The van der Waals surface area contributed by atoms with Crippen LogP contribution in [0.15, 0.2) is 37.1 Å². The molecule has 0 unspecified atom stereocenters. The third-order valence-electron chi connectivity index (χ3n) is 4.75. The molecule has 4 heterocycles. The van der Waals surface area contributed by atoms with Crippen LogP contribution in [-0.4, -0.2) is 41.9 Å². The molecular formula is C17H22N6. The first kappa shape index (κ1) is 14.4. The van der Waals surface area contributed by atoms with Gasteiger partial charge in [0.2, 0.25) is 5.78 Å². The van der Waals surface area contributed by atoms with Crippen LogP contribution in [-0.2, 0) is 20.0 Å². The molecule has 1 atom stereocenters. The van der Waals surface area contributed by atoms with Gasteiger partial charge in [0.1, 0.15) is 5.82 Å². The molecule has 0 spiro atoms. The Morgan fingerprint density at radius 2 is 2.13 bits per heavy atom. The van der Waals surface area contributed by atoms with Gasteiger partial charge in [-0.15, -0.1) is 0 Å². The van der Waals surface area contributed by atoms with E-state index in [9.17, 15) is 0 Å². The minimum atomic E-state index is 0.683. The quantitative estimate of drug-likeness (QED) is 0.739. The van der Waals surface area contributed by atoms with Crippen molar-refractivity contribution in [2.75, 3.05) is 13.1 Å². The molecule has 0 amide bonds. The zero-order chi connectivity index (χ0) is 15.6. The molecule has 1 saturated heterocycles. The van der Waals surface area contributed by atoms with E-state index in [-0.39, 0.29) is 0 Å². The minimum absolute atomic E-state index is 0.683. The second kappa shape index (κ2) is 6.12. The first-order valence-electron chi connectivity index (χ1n) is 8.25. The molecule has 0 aliphatic carbocycles. The molecule has 3 aromatic heterocycles. The van der Waals surface area contributed by atoms with Crippen LogP contribution in [0.5, 0.6) is 0 Å². The number of rotatable bonds is 4. The van der Waals surface area contributed by atoms with E-state index < -0.39 is 0 Å². The fraction of sp³-hybridized carbons (Fsp3) is 0.471. The average Bonchev–Trinajstić information content (AvgIpc) is 3.15. The summed E-state index contributed by atoms with van der Waals surface area (Å²) in [6.07, 6.45) is 13.3. The lowest BCUT2D eigenvalue weighted by molar-refractivity contribution is 0.163. The van der Waals surface area contributed by atoms with Gasteiger partial charge in [-0.05, 0) is 31.4 Å². The highest BCUT2D eigenvalue weighted by atomic mass is 15.2. The van der Waals surface area contributed by atoms with Crippen LogP contribution < -0.4 is 0 Å². The Balaban J connectivity index is 1.44. The summed E-state index contributed by atoms with van der Waals surface area (Å²) in [5, 5.41) is 0. The van der Waals surface area contributed by atoms with E-state index in [1.54, 1.807) is 6.20 Å². The number of fused-ring (bicyclic) bond motifs is 1. The van der Waals surface area contributed by atoms with Crippen molar-refractivity contribution in [2.45, 2.75) is 25.8 Å². The maximum absolute atomic E-state index is 4.47. The van der Waals surface area contributed by atoms with Gasteiger partial charge in [-0.25, -0.2) is 15.0 Å². The standard InChI is InChI=1S/C17H22N6/c1-21-9-6-18-16(21)10-14-4-2-7-22(12-14)13-15-11-20-17-19-5-3-8-23(15)17/h3,5-6,8-9,11,14H,2,4,7,10,12-13H2,1H3/t14-/m0/s1. The van der Waals surface area contributed by atoms with Crippen LogP contribution in [0.4, 0.5) is 0 Å². The monoisotopic (exact) mass is 310 g/mol. The Labute approximate surface area is 135 Å². The Morgan fingerprint density at radius 1 is 1.17 bits per heavy atom. The van der Waals surface area contributed by atoms with Gasteiger partial charge >= 0.3 is 0 Å². The summed E-state index contributed by atoms with van der Waals surface area (Å²) in [5.41, 5.74) is 1.21. The summed E-state index contributed by atoms with van der Waals surface area (Å²) < 4.78 is 4.22. The summed E-state index contributed by atoms with van der Waals surface area (Å²) in [6, 6.07) is 1.96. The third kappa shape index (κ3) is 2.99. The van der Waals surface area contributed by atoms with Crippen LogP contribution in [0.2, 0.25) is 0 Å². The van der Waals surface area contributed by atoms with Gasteiger partial charge in [0, 0.05) is 51.3 Å². The second-order valence-corrected chi connectivity index (χ2v) is 6.44. The first-order chi connectivity index (χ1) is 11.3. The SMILES string of the molecule is Cn1ccnc1C[C@@H]1CCCN(Cc2cnc3ncccn23)C1. The number of aryl methyl sites for hydroxylation is 1. The number of imidazole rings is 2.